The Morgan fingerprint density at radius 3 is 2.73 bits per heavy atom. The first-order valence-electron chi connectivity index (χ1n) is 10.8. The van der Waals surface area contributed by atoms with Gasteiger partial charge in [0.25, 0.3) is 0 Å². The highest BCUT2D eigenvalue weighted by Gasteiger charge is 2.17. The molecule has 1 aliphatic rings. The van der Waals surface area contributed by atoms with Crippen molar-refractivity contribution < 1.29 is 9.13 Å². The van der Waals surface area contributed by atoms with Gasteiger partial charge in [-0.05, 0) is 55.0 Å². The van der Waals surface area contributed by atoms with Crippen molar-refractivity contribution in [2.75, 3.05) is 36.5 Å². The van der Waals surface area contributed by atoms with Gasteiger partial charge in [-0.15, -0.1) is 0 Å². The predicted molar refractivity (Wildman–Crippen MR) is 127 cm³/mol. The maximum absolute atomic E-state index is 14.1. The second kappa shape index (κ2) is 8.85. The molecule has 33 heavy (non-hydrogen) atoms. The zero-order chi connectivity index (χ0) is 22.8. The minimum absolute atomic E-state index is 0.353. The highest BCUT2D eigenvalue weighted by molar-refractivity contribution is 5.98. The highest BCUT2D eigenvalue weighted by atomic mass is 19.1. The Hall–Kier alpha value is -4.02. The molecule has 164 valence electrons. The molecule has 5 rings (SSSR count). The van der Waals surface area contributed by atoms with Crippen LogP contribution in [0.2, 0.25) is 0 Å². The molecule has 0 bridgehead atoms. The number of hydrogen-bond donors (Lipinski definition) is 1. The Labute approximate surface area is 191 Å². The van der Waals surface area contributed by atoms with E-state index in [9.17, 15) is 9.65 Å². The second-order valence-electron chi connectivity index (χ2n) is 7.93. The van der Waals surface area contributed by atoms with Crippen LogP contribution in [0.15, 0.2) is 60.9 Å². The second-order valence-corrected chi connectivity index (χ2v) is 7.93. The molecule has 1 aliphatic heterocycles. The van der Waals surface area contributed by atoms with Crippen LogP contribution < -0.4 is 10.2 Å². The highest BCUT2D eigenvalue weighted by Crippen LogP contribution is 2.37. The molecule has 0 spiro atoms. The van der Waals surface area contributed by atoms with Crippen molar-refractivity contribution in [3.63, 3.8) is 0 Å². The molecule has 0 atom stereocenters. The van der Waals surface area contributed by atoms with Crippen molar-refractivity contribution in [3.8, 4) is 17.3 Å². The third-order valence-electron chi connectivity index (χ3n) is 5.89. The molecule has 3 heterocycles. The minimum atomic E-state index is -0.353. The monoisotopic (exact) mass is 439 g/mol. The molecule has 2 aromatic heterocycles. The molecule has 1 N–H and O–H groups in total. The molecule has 4 aromatic rings. The van der Waals surface area contributed by atoms with Gasteiger partial charge in [-0.3, -0.25) is 4.98 Å². The Balaban J connectivity index is 1.66. The number of aromatic nitrogens is 2. The number of nitrogens with one attached hydrogen (secondary N) is 1. The number of pyridine rings is 2. The SMILES string of the molecule is Cc1c(-c2cccnc2)nc2cc(F)ccc2c1Nc1cc(N2CCOCC2)ccc1C#N. The number of nitriles is 1. The van der Waals surface area contributed by atoms with Crippen LogP contribution in [0.1, 0.15) is 11.1 Å². The number of hydrogen-bond acceptors (Lipinski definition) is 6. The molecule has 1 fully saturated rings. The molecule has 1 saturated heterocycles. The summed E-state index contributed by atoms with van der Waals surface area (Å²) in [6, 6.07) is 16.4. The van der Waals surface area contributed by atoms with Gasteiger partial charge in [0.1, 0.15) is 11.9 Å². The number of rotatable bonds is 4. The van der Waals surface area contributed by atoms with Gasteiger partial charge < -0.3 is 15.0 Å². The zero-order valence-corrected chi connectivity index (χ0v) is 18.2. The number of morpholine rings is 1. The standard InChI is InChI=1S/C26H22FN5O/c1-17-25(19-3-2-8-29-16-19)31-24-13-20(27)5-7-22(24)26(17)30-23-14-21(6-4-18(23)15-28)32-9-11-33-12-10-32/h2-8,13-14,16H,9-12H2,1H3,(H,30,31). The van der Waals surface area contributed by atoms with E-state index in [1.54, 1.807) is 18.5 Å². The Kier molecular flexibility index (Phi) is 5.59. The van der Waals surface area contributed by atoms with Gasteiger partial charge in [0.2, 0.25) is 0 Å². The van der Waals surface area contributed by atoms with E-state index in [4.69, 9.17) is 9.72 Å². The number of fused-ring (bicyclic) bond motifs is 1. The summed E-state index contributed by atoms with van der Waals surface area (Å²) < 4.78 is 19.5. The summed E-state index contributed by atoms with van der Waals surface area (Å²) in [5, 5.41) is 14.0. The van der Waals surface area contributed by atoms with E-state index in [0.717, 1.165) is 41.0 Å². The molecule has 0 amide bonds. The van der Waals surface area contributed by atoms with E-state index in [1.807, 2.05) is 37.3 Å². The minimum Gasteiger partial charge on any atom is -0.378 e. The molecule has 0 unspecified atom stereocenters. The molecular formula is C26H22FN5O. The first kappa shape index (κ1) is 20.9. The van der Waals surface area contributed by atoms with Crippen molar-refractivity contribution in [2.24, 2.45) is 0 Å². The zero-order valence-electron chi connectivity index (χ0n) is 18.2. The van der Waals surface area contributed by atoms with Gasteiger partial charge in [-0.25, -0.2) is 9.37 Å². The van der Waals surface area contributed by atoms with Crippen molar-refractivity contribution in [2.45, 2.75) is 6.92 Å². The lowest BCUT2D eigenvalue weighted by molar-refractivity contribution is 0.122. The van der Waals surface area contributed by atoms with Crippen LogP contribution in [0.3, 0.4) is 0 Å². The molecular weight excluding hydrogens is 417 g/mol. The summed E-state index contributed by atoms with van der Waals surface area (Å²) in [6.07, 6.45) is 3.44. The van der Waals surface area contributed by atoms with E-state index in [0.29, 0.717) is 35.7 Å². The fourth-order valence-electron chi connectivity index (χ4n) is 4.16. The normalized spacial score (nSPS) is 13.7. The van der Waals surface area contributed by atoms with E-state index in [2.05, 4.69) is 21.3 Å². The van der Waals surface area contributed by atoms with Crippen LogP contribution in [0.4, 0.5) is 21.5 Å². The van der Waals surface area contributed by atoms with Crippen molar-refractivity contribution in [1.29, 1.82) is 5.26 Å². The lowest BCUT2D eigenvalue weighted by Crippen LogP contribution is -2.36. The molecule has 6 nitrogen and oxygen atoms in total. The number of anilines is 3. The lowest BCUT2D eigenvalue weighted by atomic mass is 10.0. The van der Waals surface area contributed by atoms with Crippen LogP contribution in [0, 0.1) is 24.1 Å². The van der Waals surface area contributed by atoms with E-state index in [-0.39, 0.29) is 5.82 Å². The molecule has 0 saturated carbocycles. The first-order chi connectivity index (χ1) is 16.1. The van der Waals surface area contributed by atoms with Gasteiger partial charge in [0.15, 0.2) is 0 Å². The van der Waals surface area contributed by atoms with Gasteiger partial charge in [0.05, 0.1) is 41.4 Å². The lowest BCUT2D eigenvalue weighted by Gasteiger charge is -2.29. The van der Waals surface area contributed by atoms with Crippen LogP contribution in [0.25, 0.3) is 22.2 Å². The van der Waals surface area contributed by atoms with Gasteiger partial charge in [-0.2, -0.15) is 5.26 Å². The maximum Gasteiger partial charge on any atom is 0.125 e. The van der Waals surface area contributed by atoms with Gasteiger partial charge in [0, 0.05) is 48.2 Å². The predicted octanol–water partition coefficient (Wildman–Crippen LogP) is 5.20. The maximum atomic E-state index is 14.1. The van der Waals surface area contributed by atoms with E-state index < -0.39 is 0 Å². The summed E-state index contributed by atoms with van der Waals surface area (Å²) in [6.45, 7) is 4.92. The van der Waals surface area contributed by atoms with Crippen molar-refractivity contribution in [3.05, 3.63) is 77.9 Å². The smallest absolute Gasteiger partial charge is 0.125 e. The number of nitrogens with zero attached hydrogens (tertiary/aromatic N) is 4. The Morgan fingerprint density at radius 2 is 1.97 bits per heavy atom. The molecule has 0 aliphatic carbocycles. The van der Waals surface area contributed by atoms with Crippen LogP contribution in [-0.2, 0) is 4.74 Å². The number of ether oxygens (including phenoxy) is 1. The fraction of sp³-hybridized carbons (Fsp3) is 0.192. The largest absolute Gasteiger partial charge is 0.378 e. The first-order valence-corrected chi connectivity index (χ1v) is 10.8. The average Bonchev–Trinajstić information content (AvgIpc) is 2.86. The van der Waals surface area contributed by atoms with Crippen molar-refractivity contribution in [1.82, 2.24) is 9.97 Å². The molecule has 7 heteroatoms. The summed E-state index contributed by atoms with van der Waals surface area (Å²) in [7, 11) is 0. The fourth-order valence-corrected chi connectivity index (χ4v) is 4.16. The van der Waals surface area contributed by atoms with Crippen LogP contribution >= 0.6 is 0 Å². The average molecular weight is 439 g/mol. The summed E-state index contributed by atoms with van der Waals surface area (Å²) >= 11 is 0. The number of benzene rings is 2. The van der Waals surface area contributed by atoms with Crippen LogP contribution in [0.5, 0.6) is 0 Å². The van der Waals surface area contributed by atoms with E-state index >= 15 is 0 Å². The van der Waals surface area contributed by atoms with Gasteiger partial charge in [-0.1, -0.05) is 0 Å². The Morgan fingerprint density at radius 1 is 1.12 bits per heavy atom. The summed E-state index contributed by atoms with van der Waals surface area (Å²) in [4.78, 5) is 11.2. The quantitative estimate of drug-likeness (QED) is 0.471. The third kappa shape index (κ3) is 4.09. The number of halogens is 1. The van der Waals surface area contributed by atoms with Crippen LogP contribution in [-0.4, -0.2) is 36.3 Å². The summed E-state index contributed by atoms with van der Waals surface area (Å²) in [5.41, 5.74) is 6.01. The molecule has 0 radical (unpaired) electrons. The van der Waals surface area contributed by atoms with E-state index in [1.165, 1.54) is 12.1 Å². The van der Waals surface area contributed by atoms with Crippen molar-refractivity contribution >= 4 is 28.0 Å². The van der Waals surface area contributed by atoms with Gasteiger partial charge >= 0.3 is 0 Å². The Bertz CT molecular complexity index is 1360. The topological polar surface area (TPSA) is 74.1 Å². The molecule has 2 aromatic carbocycles. The summed E-state index contributed by atoms with van der Waals surface area (Å²) in [5.74, 6) is -0.353. The third-order valence-corrected chi connectivity index (χ3v) is 5.89.